The quantitative estimate of drug-likeness (QED) is 0.554. The number of ether oxygens (including phenoxy) is 1. The molecule has 0 saturated carbocycles. The van der Waals surface area contributed by atoms with E-state index in [9.17, 15) is 4.79 Å². The minimum atomic E-state index is -0.00784. The molecule has 1 N–H and O–H groups in total. The van der Waals surface area contributed by atoms with Gasteiger partial charge >= 0.3 is 0 Å². The molecule has 1 amide bonds. The largest absolute Gasteiger partial charge is 0.484 e. The first-order valence-electron chi connectivity index (χ1n) is 10.9. The van der Waals surface area contributed by atoms with Gasteiger partial charge in [-0.25, -0.2) is 4.98 Å². The van der Waals surface area contributed by atoms with Gasteiger partial charge in [-0.2, -0.15) is 0 Å². The Balaban J connectivity index is 1.22. The molecule has 3 aromatic rings. The predicted octanol–water partition coefficient (Wildman–Crippen LogP) is 5.48. The van der Waals surface area contributed by atoms with Crippen molar-refractivity contribution < 1.29 is 9.53 Å². The number of nitrogens with one attached hydrogen (secondary N) is 1. The van der Waals surface area contributed by atoms with E-state index in [-0.39, 0.29) is 18.6 Å². The molecule has 2 aliphatic heterocycles. The van der Waals surface area contributed by atoms with E-state index in [4.69, 9.17) is 9.72 Å². The number of hydrogen-bond acceptors (Lipinski definition) is 5. The highest BCUT2D eigenvalue weighted by atomic mass is 32.2. The van der Waals surface area contributed by atoms with E-state index in [0.717, 1.165) is 42.0 Å². The monoisotopic (exact) mass is 453 g/mol. The van der Waals surface area contributed by atoms with Crippen LogP contribution >= 0.6 is 23.5 Å². The number of nitrogens with zero attached hydrogens (tertiary/aromatic N) is 2. The molecule has 5 nitrogen and oxygen atoms in total. The van der Waals surface area contributed by atoms with Crippen LogP contribution in [0.15, 0.2) is 42.5 Å². The molecule has 162 valence electrons. The van der Waals surface area contributed by atoms with Gasteiger partial charge in [-0.1, -0.05) is 18.2 Å². The molecule has 1 atom stereocenters. The molecule has 0 spiro atoms. The number of rotatable bonds is 5. The summed E-state index contributed by atoms with van der Waals surface area (Å²) in [6, 6.07) is 14.4. The van der Waals surface area contributed by atoms with Gasteiger partial charge in [0.05, 0.1) is 21.7 Å². The van der Waals surface area contributed by atoms with Gasteiger partial charge in [-0.15, -0.1) is 23.5 Å². The summed E-state index contributed by atoms with van der Waals surface area (Å²) in [5.41, 5.74) is 4.50. The van der Waals surface area contributed by atoms with Crippen molar-refractivity contribution >= 4 is 40.5 Å². The summed E-state index contributed by atoms with van der Waals surface area (Å²) in [6.07, 6.45) is 3.20. The van der Waals surface area contributed by atoms with Gasteiger partial charge < -0.3 is 14.6 Å². The van der Waals surface area contributed by atoms with Gasteiger partial charge in [0, 0.05) is 6.54 Å². The van der Waals surface area contributed by atoms with Gasteiger partial charge in [-0.05, 0) is 73.1 Å². The van der Waals surface area contributed by atoms with E-state index < -0.39 is 0 Å². The Morgan fingerprint density at radius 3 is 2.77 bits per heavy atom. The first kappa shape index (κ1) is 20.8. The van der Waals surface area contributed by atoms with Gasteiger partial charge in [0.1, 0.15) is 11.6 Å². The molecule has 7 heteroatoms. The molecule has 2 aromatic carbocycles. The third-order valence-electron chi connectivity index (χ3n) is 5.89. The van der Waals surface area contributed by atoms with Crippen molar-refractivity contribution in [2.45, 2.75) is 36.8 Å². The highest BCUT2D eigenvalue weighted by Crippen LogP contribution is 2.43. The topological polar surface area (TPSA) is 58.2 Å². The lowest BCUT2D eigenvalue weighted by molar-refractivity contribution is -0.134. The average Bonchev–Trinajstić information content (AvgIpc) is 3.45. The summed E-state index contributed by atoms with van der Waals surface area (Å²) in [5.74, 6) is 4.09. The third-order valence-corrected chi connectivity index (χ3v) is 8.90. The number of aryl methyl sites for hydroxylation is 1. The predicted molar refractivity (Wildman–Crippen MR) is 129 cm³/mol. The fourth-order valence-electron chi connectivity index (χ4n) is 4.28. The standard InChI is InChI=1S/C24H27N3O2S2/c1-16-5-10-19-20(14-16)26-23(25-19)21-4-2-11-27(21)22(28)15-29-18-8-6-17(7-9-18)24-30-12-3-13-31-24/h5-10,14,21,24H,2-4,11-13,15H2,1H3,(H,25,26). The number of imidazole rings is 1. The molecular formula is C24H27N3O2S2. The zero-order valence-electron chi connectivity index (χ0n) is 17.7. The van der Waals surface area contributed by atoms with Crippen LogP contribution in [0.4, 0.5) is 0 Å². The fourth-order valence-corrected chi connectivity index (χ4v) is 7.17. The van der Waals surface area contributed by atoms with Crippen LogP contribution in [0.2, 0.25) is 0 Å². The van der Waals surface area contributed by atoms with Gasteiger partial charge in [0.25, 0.3) is 5.91 Å². The minimum Gasteiger partial charge on any atom is -0.484 e. The summed E-state index contributed by atoms with van der Waals surface area (Å²) in [4.78, 5) is 23.0. The second-order valence-electron chi connectivity index (χ2n) is 8.17. The highest BCUT2D eigenvalue weighted by Gasteiger charge is 2.32. The van der Waals surface area contributed by atoms with Crippen LogP contribution in [-0.2, 0) is 4.79 Å². The van der Waals surface area contributed by atoms with Crippen LogP contribution in [0.25, 0.3) is 11.0 Å². The smallest absolute Gasteiger partial charge is 0.261 e. The Morgan fingerprint density at radius 1 is 1.16 bits per heavy atom. The van der Waals surface area contributed by atoms with E-state index in [2.05, 4.69) is 36.2 Å². The molecule has 1 unspecified atom stereocenters. The van der Waals surface area contributed by atoms with E-state index >= 15 is 0 Å². The van der Waals surface area contributed by atoms with Crippen LogP contribution in [-0.4, -0.2) is 45.4 Å². The van der Waals surface area contributed by atoms with Crippen molar-refractivity contribution in [2.24, 2.45) is 0 Å². The number of hydrogen-bond donors (Lipinski definition) is 1. The number of carbonyl (C=O) groups excluding carboxylic acids is 1. The van der Waals surface area contributed by atoms with Crippen LogP contribution in [0.5, 0.6) is 5.75 Å². The normalized spacial score (nSPS) is 19.8. The summed E-state index contributed by atoms with van der Waals surface area (Å²) in [6.45, 7) is 2.88. The molecule has 3 heterocycles. The number of fused-ring (bicyclic) bond motifs is 1. The maximum Gasteiger partial charge on any atom is 0.261 e. The average molecular weight is 454 g/mol. The van der Waals surface area contributed by atoms with Crippen LogP contribution in [0.3, 0.4) is 0 Å². The maximum atomic E-state index is 12.9. The van der Waals surface area contributed by atoms with Gasteiger partial charge in [-0.3, -0.25) is 4.79 Å². The lowest BCUT2D eigenvalue weighted by atomic mass is 10.2. The second kappa shape index (κ2) is 9.17. The van der Waals surface area contributed by atoms with Crippen LogP contribution in [0, 0.1) is 6.92 Å². The first-order valence-corrected chi connectivity index (χ1v) is 13.0. The Kier molecular flexibility index (Phi) is 6.14. The molecule has 2 fully saturated rings. The van der Waals surface area contributed by atoms with Crippen molar-refractivity contribution in [3.05, 3.63) is 59.4 Å². The van der Waals surface area contributed by atoms with Gasteiger partial charge in [0.15, 0.2) is 6.61 Å². The molecule has 0 bridgehead atoms. The van der Waals surface area contributed by atoms with E-state index in [1.54, 1.807) is 0 Å². The lowest BCUT2D eigenvalue weighted by Gasteiger charge is -2.23. The molecule has 0 radical (unpaired) electrons. The number of aromatic nitrogens is 2. The highest BCUT2D eigenvalue weighted by molar-refractivity contribution is 8.16. The number of H-pyrrole nitrogens is 1. The number of benzene rings is 2. The molecule has 2 saturated heterocycles. The number of likely N-dealkylation sites (tertiary alicyclic amines) is 1. The van der Waals surface area contributed by atoms with Crippen molar-refractivity contribution in [1.29, 1.82) is 0 Å². The van der Waals surface area contributed by atoms with E-state index in [1.807, 2.05) is 46.6 Å². The van der Waals surface area contributed by atoms with Crippen LogP contribution in [0.1, 0.15) is 46.8 Å². The SMILES string of the molecule is Cc1ccc2nc(C3CCCN3C(=O)COc3ccc(C4SCCCS4)cc3)[nH]c2c1. The maximum absolute atomic E-state index is 12.9. The summed E-state index contributed by atoms with van der Waals surface area (Å²) in [7, 11) is 0. The van der Waals surface area contributed by atoms with Gasteiger partial charge in [0.2, 0.25) is 0 Å². The summed E-state index contributed by atoms with van der Waals surface area (Å²) < 4.78 is 6.36. The molecule has 0 aliphatic carbocycles. The molecule has 1 aromatic heterocycles. The lowest BCUT2D eigenvalue weighted by Crippen LogP contribution is -2.34. The Labute approximate surface area is 191 Å². The minimum absolute atomic E-state index is 0.00784. The van der Waals surface area contributed by atoms with Crippen LogP contribution < -0.4 is 4.74 Å². The first-order chi connectivity index (χ1) is 15.2. The number of thioether (sulfide) groups is 2. The zero-order valence-corrected chi connectivity index (χ0v) is 19.3. The van der Waals surface area contributed by atoms with Crippen molar-refractivity contribution in [1.82, 2.24) is 14.9 Å². The number of aromatic amines is 1. The number of amides is 1. The summed E-state index contributed by atoms with van der Waals surface area (Å²) >= 11 is 4.02. The molecular weight excluding hydrogens is 426 g/mol. The summed E-state index contributed by atoms with van der Waals surface area (Å²) in [5, 5.41) is 0. The van der Waals surface area contributed by atoms with Crippen molar-refractivity contribution in [3.63, 3.8) is 0 Å². The molecule has 2 aliphatic rings. The Hall–Kier alpha value is -2.12. The third kappa shape index (κ3) is 4.58. The van der Waals surface area contributed by atoms with Crippen molar-refractivity contribution in [2.75, 3.05) is 24.7 Å². The Morgan fingerprint density at radius 2 is 1.97 bits per heavy atom. The fraction of sp³-hybridized carbons (Fsp3) is 0.417. The Bertz CT molecular complexity index is 1060. The van der Waals surface area contributed by atoms with Crippen molar-refractivity contribution in [3.8, 4) is 5.75 Å². The van der Waals surface area contributed by atoms with E-state index in [1.165, 1.54) is 29.1 Å². The number of carbonyl (C=O) groups is 1. The molecule has 31 heavy (non-hydrogen) atoms. The van der Waals surface area contributed by atoms with E-state index in [0.29, 0.717) is 4.58 Å². The molecule has 5 rings (SSSR count). The second-order valence-corrected chi connectivity index (χ2v) is 10.9. The zero-order chi connectivity index (χ0) is 21.2.